The number of benzene rings is 1. The number of ether oxygens (including phenoxy) is 1. The van der Waals surface area contributed by atoms with Crippen LogP contribution in [0.1, 0.15) is 31.2 Å². The summed E-state index contributed by atoms with van der Waals surface area (Å²) in [5.74, 6) is 1.90. The molecule has 6 heteroatoms. The predicted octanol–water partition coefficient (Wildman–Crippen LogP) is 3.98. The van der Waals surface area contributed by atoms with Gasteiger partial charge in [0, 0.05) is 49.3 Å². The first-order chi connectivity index (χ1) is 14.7. The molecule has 5 rings (SSSR count). The van der Waals surface area contributed by atoms with Crippen molar-refractivity contribution in [2.75, 3.05) is 31.6 Å². The molecule has 0 unspecified atom stereocenters. The normalized spacial score (nSPS) is 18.9. The molecule has 2 aliphatic rings. The number of aromatic amines is 1. The first-order valence-corrected chi connectivity index (χ1v) is 10.8. The minimum absolute atomic E-state index is 0.222. The van der Waals surface area contributed by atoms with E-state index in [1.165, 1.54) is 10.9 Å². The van der Waals surface area contributed by atoms with Crippen LogP contribution in [-0.2, 0) is 11.3 Å². The fourth-order valence-electron chi connectivity index (χ4n) is 5.09. The number of para-hydroxylation sites is 1. The van der Waals surface area contributed by atoms with Crippen molar-refractivity contribution < 1.29 is 9.53 Å². The Hall–Kier alpha value is -3.02. The number of hydrogen-bond acceptors (Lipinski definition) is 4. The number of rotatable bonds is 4. The Morgan fingerprint density at radius 3 is 2.73 bits per heavy atom. The third-order valence-electron chi connectivity index (χ3n) is 6.82. The molecule has 0 saturated carbocycles. The van der Waals surface area contributed by atoms with Gasteiger partial charge < -0.3 is 19.5 Å². The van der Waals surface area contributed by atoms with E-state index >= 15 is 0 Å². The summed E-state index contributed by atoms with van der Waals surface area (Å²) in [5.41, 5.74) is 2.11. The van der Waals surface area contributed by atoms with Crippen molar-refractivity contribution in [3.63, 3.8) is 0 Å². The van der Waals surface area contributed by atoms with Crippen molar-refractivity contribution >= 4 is 22.6 Å². The number of carbonyl (C=O) groups is 1. The summed E-state index contributed by atoms with van der Waals surface area (Å²) in [6.07, 6.45) is 5.89. The number of nitrogens with zero attached hydrogens (tertiary/aromatic N) is 3. The second-order valence-corrected chi connectivity index (χ2v) is 8.50. The summed E-state index contributed by atoms with van der Waals surface area (Å²) in [6.45, 7) is 3.24. The molecule has 2 aromatic heterocycles. The summed E-state index contributed by atoms with van der Waals surface area (Å²) >= 11 is 0. The van der Waals surface area contributed by atoms with Crippen LogP contribution in [0.4, 0.5) is 5.82 Å². The van der Waals surface area contributed by atoms with Gasteiger partial charge in [-0.05, 0) is 43.4 Å². The average Bonchev–Trinajstić information content (AvgIpc) is 3.20. The van der Waals surface area contributed by atoms with Crippen molar-refractivity contribution in [3.8, 4) is 5.88 Å². The predicted molar refractivity (Wildman–Crippen MR) is 118 cm³/mol. The number of anilines is 1. The Bertz CT molecular complexity index is 1050. The first kappa shape index (κ1) is 19.0. The maximum atomic E-state index is 13.6. The molecule has 2 aliphatic heterocycles. The molecule has 2 saturated heterocycles. The average molecular weight is 405 g/mol. The SMILES string of the molecule is COc1cccc(N2CCC3(CCCN(Cc4c[nH]c5ccccc45)C3=O)CC2)n1. The van der Waals surface area contributed by atoms with E-state index in [9.17, 15) is 4.79 Å². The van der Waals surface area contributed by atoms with Gasteiger partial charge in [-0.15, -0.1) is 0 Å². The maximum absolute atomic E-state index is 13.6. The molecule has 0 aliphatic carbocycles. The van der Waals surface area contributed by atoms with Crippen LogP contribution in [-0.4, -0.2) is 47.5 Å². The molecule has 156 valence electrons. The Morgan fingerprint density at radius 2 is 1.90 bits per heavy atom. The Kier molecular flexibility index (Phi) is 4.85. The highest BCUT2D eigenvalue weighted by molar-refractivity contribution is 5.86. The fourth-order valence-corrected chi connectivity index (χ4v) is 5.09. The number of hydrogen-bond donors (Lipinski definition) is 1. The van der Waals surface area contributed by atoms with Gasteiger partial charge in [0.1, 0.15) is 5.82 Å². The van der Waals surface area contributed by atoms with Crippen LogP contribution in [0.2, 0.25) is 0 Å². The van der Waals surface area contributed by atoms with Crippen LogP contribution in [0.25, 0.3) is 10.9 Å². The Balaban J connectivity index is 1.30. The second-order valence-electron chi connectivity index (χ2n) is 8.50. The number of piperidine rings is 2. The van der Waals surface area contributed by atoms with E-state index in [0.29, 0.717) is 18.3 Å². The van der Waals surface area contributed by atoms with Gasteiger partial charge in [0.2, 0.25) is 11.8 Å². The van der Waals surface area contributed by atoms with Crippen LogP contribution in [0.15, 0.2) is 48.7 Å². The lowest BCUT2D eigenvalue weighted by molar-refractivity contribution is -0.148. The van der Waals surface area contributed by atoms with Gasteiger partial charge in [-0.25, -0.2) is 0 Å². The van der Waals surface area contributed by atoms with Crippen LogP contribution >= 0.6 is 0 Å². The summed E-state index contributed by atoms with van der Waals surface area (Å²) < 4.78 is 5.27. The summed E-state index contributed by atoms with van der Waals surface area (Å²) in [6, 6.07) is 14.2. The largest absolute Gasteiger partial charge is 0.481 e. The molecule has 0 atom stereocenters. The number of methoxy groups -OCH3 is 1. The van der Waals surface area contributed by atoms with E-state index in [0.717, 1.165) is 56.7 Å². The number of pyridine rings is 1. The highest BCUT2D eigenvalue weighted by Crippen LogP contribution is 2.42. The molecule has 30 heavy (non-hydrogen) atoms. The Labute approximate surface area is 176 Å². The van der Waals surface area contributed by atoms with Gasteiger partial charge in [0.15, 0.2) is 0 Å². The van der Waals surface area contributed by atoms with Gasteiger partial charge >= 0.3 is 0 Å². The smallest absolute Gasteiger partial charge is 0.229 e. The zero-order valence-electron chi connectivity index (χ0n) is 17.4. The topological polar surface area (TPSA) is 61.5 Å². The van der Waals surface area contributed by atoms with Crippen molar-refractivity contribution in [1.29, 1.82) is 0 Å². The molecule has 4 heterocycles. The molecule has 1 N–H and O–H groups in total. The highest BCUT2D eigenvalue weighted by Gasteiger charge is 2.45. The van der Waals surface area contributed by atoms with Gasteiger partial charge in [-0.2, -0.15) is 4.98 Å². The van der Waals surface area contributed by atoms with Crippen LogP contribution in [0.3, 0.4) is 0 Å². The molecule has 1 amide bonds. The van der Waals surface area contributed by atoms with E-state index in [1.54, 1.807) is 7.11 Å². The van der Waals surface area contributed by atoms with Crippen molar-refractivity contribution in [1.82, 2.24) is 14.9 Å². The van der Waals surface area contributed by atoms with Crippen molar-refractivity contribution in [2.45, 2.75) is 32.2 Å². The van der Waals surface area contributed by atoms with Crippen molar-refractivity contribution in [3.05, 3.63) is 54.2 Å². The summed E-state index contributed by atoms with van der Waals surface area (Å²) in [7, 11) is 1.64. The van der Waals surface area contributed by atoms with Gasteiger partial charge in [0.05, 0.1) is 12.5 Å². The number of carbonyl (C=O) groups excluding carboxylic acids is 1. The van der Waals surface area contributed by atoms with Gasteiger partial charge in [-0.1, -0.05) is 24.3 Å². The number of H-pyrrole nitrogens is 1. The third-order valence-corrected chi connectivity index (χ3v) is 6.82. The molecule has 0 bridgehead atoms. The number of aromatic nitrogens is 2. The zero-order valence-corrected chi connectivity index (χ0v) is 17.4. The minimum atomic E-state index is -0.222. The maximum Gasteiger partial charge on any atom is 0.229 e. The van der Waals surface area contributed by atoms with E-state index in [1.807, 2.05) is 24.3 Å². The molecular weight excluding hydrogens is 376 g/mol. The lowest BCUT2D eigenvalue weighted by Gasteiger charge is -2.46. The number of likely N-dealkylation sites (tertiary alicyclic amines) is 1. The number of fused-ring (bicyclic) bond motifs is 1. The highest BCUT2D eigenvalue weighted by atomic mass is 16.5. The standard InChI is InChI=1S/C24H28N4O2/c1-30-22-9-4-8-21(26-22)27-14-11-24(12-15-27)10-5-13-28(23(24)29)17-18-16-25-20-7-3-2-6-19(18)20/h2-4,6-9,16,25H,5,10-15,17H2,1H3. The third kappa shape index (κ3) is 3.30. The molecule has 2 fully saturated rings. The minimum Gasteiger partial charge on any atom is -0.481 e. The van der Waals surface area contributed by atoms with Crippen LogP contribution in [0, 0.1) is 5.41 Å². The molecule has 3 aromatic rings. The molecule has 0 radical (unpaired) electrons. The van der Waals surface area contributed by atoms with Crippen LogP contribution < -0.4 is 9.64 Å². The molecule has 1 spiro atoms. The monoisotopic (exact) mass is 404 g/mol. The lowest BCUT2D eigenvalue weighted by Crippen LogP contribution is -2.53. The van der Waals surface area contributed by atoms with E-state index < -0.39 is 0 Å². The first-order valence-electron chi connectivity index (χ1n) is 10.8. The summed E-state index contributed by atoms with van der Waals surface area (Å²) in [5, 5.41) is 1.21. The Morgan fingerprint density at radius 1 is 1.07 bits per heavy atom. The molecular formula is C24H28N4O2. The second kappa shape index (κ2) is 7.67. The van der Waals surface area contributed by atoms with Gasteiger partial charge in [-0.3, -0.25) is 4.79 Å². The van der Waals surface area contributed by atoms with Gasteiger partial charge in [0.25, 0.3) is 0 Å². The number of amides is 1. The zero-order chi connectivity index (χ0) is 20.6. The van der Waals surface area contributed by atoms with Crippen molar-refractivity contribution in [2.24, 2.45) is 5.41 Å². The fraction of sp³-hybridized carbons (Fsp3) is 0.417. The lowest BCUT2D eigenvalue weighted by atomic mass is 9.71. The quantitative estimate of drug-likeness (QED) is 0.715. The van der Waals surface area contributed by atoms with E-state index in [2.05, 4.69) is 44.2 Å². The molecule has 6 nitrogen and oxygen atoms in total. The van der Waals surface area contributed by atoms with E-state index in [-0.39, 0.29) is 5.41 Å². The summed E-state index contributed by atoms with van der Waals surface area (Å²) in [4.78, 5) is 25.8. The number of nitrogens with one attached hydrogen (secondary N) is 1. The van der Waals surface area contributed by atoms with E-state index in [4.69, 9.17) is 4.74 Å². The van der Waals surface area contributed by atoms with Crippen LogP contribution in [0.5, 0.6) is 5.88 Å². The molecule has 1 aromatic carbocycles.